The summed E-state index contributed by atoms with van der Waals surface area (Å²) in [5.41, 5.74) is -0.00965. The lowest BCUT2D eigenvalue weighted by Crippen LogP contribution is -2.31. The Morgan fingerprint density at radius 2 is 1.52 bits per heavy atom. The molecule has 0 saturated heterocycles. The van der Waals surface area contributed by atoms with Crippen LogP contribution < -0.4 is 0 Å². The van der Waals surface area contributed by atoms with E-state index >= 15 is 0 Å². The van der Waals surface area contributed by atoms with Gasteiger partial charge in [-0.25, -0.2) is 0 Å². The Morgan fingerprint density at radius 1 is 0.852 bits per heavy atom. The molecule has 0 unspecified atom stereocenters. The van der Waals surface area contributed by atoms with E-state index in [-0.39, 0.29) is 5.41 Å². The Hall–Kier alpha value is -0.770. The molecule has 0 spiro atoms. The summed E-state index contributed by atoms with van der Waals surface area (Å²) in [6, 6.07) is 2.73. The molecule has 0 atom stereocenters. The summed E-state index contributed by atoms with van der Waals surface area (Å²) >= 11 is 0. The van der Waals surface area contributed by atoms with E-state index in [1.807, 2.05) is 0 Å². The van der Waals surface area contributed by atoms with Gasteiger partial charge in [-0.2, -0.15) is 5.26 Å². The first-order chi connectivity index (χ1) is 13.2. The van der Waals surface area contributed by atoms with Crippen molar-refractivity contribution in [2.45, 2.75) is 123 Å². The molecule has 0 amide bonds. The maximum atomic E-state index is 9.79. The van der Waals surface area contributed by atoms with Gasteiger partial charge in [0.05, 0.1) is 11.5 Å². The molecule has 0 heterocycles. The van der Waals surface area contributed by atoms with Crippen molar-refractivity contribution in [1.29, 1.82) is 5.26 Å². The van der Waals surface area contributed by atoms with Gasteiger partial charge in [0, 0.05) is 0 Å². The summed E-state index contributed by atoms with van der Waals surface area (Å²) in [4.78, 5) is 0. The first-order valence-electron chi connectivity index (χ1n) is 12.3. The molecular weight excluding hydrogens is 326 g/mol. The van der Waals surface area contributed by atoms with E-state index in [4.69, 9.17) is 0 Å². The summed E-state index contributed by atoms with van der Waals surface area (Å²) in [6.07, 6.45) is 27.3. The number of nitrogens with zero attached hydrogens (tertiary/aromatic N) is 1. The van der Waals surface area contributed by atoms with Gasteiger partial charge >= 0.3 is 0 Å². The minimum Gasteiger partial charge on any atom is -0.198 e. The van der Waals surface area contributed by atoms with Crippen molar-refractivity contribution in [3.05, 3.63) is 12.2 Å². The average Bonchev–Trinajstić information content (AvgIpc) is 2.72. The molecule has 154 valence electrons. The van der Waals surface area contributed by atoms with E-state index in [0.717, 1.165) is 49.9 Å². The second-order valence-corrected chi connectivity index (χ2v) is 9.63. The monoisotopic (exact) mass is 371 g/mol. The lowest BCUT2D eigenvalue weighted by atomic mass is 9.63. The number of allylic oxidation sites excluding steroid dienone is 2. The fourth-order valence-electron chi connectivity index (χ4n) is 5.71. The molecule has 0 aromatic rings. The van der Waals surface area contributed by atoms with Crippen molar-refractivity contribution < 1.29 is 0 Å². The third-order valence-corrected chi connectivity index (χ3v) is 7.69. The summed E-state index contributed by atoms with van der Waals surface area (Å²) in [6.45, 7) is 4.49. The fraction of sp³-hybridized carbons (Fsp3) is 0.885. The van der Waals surface area contributed by atoms with Gasteiger partial charge < -0.3 is 0 Å². The van der Waals surface area contributed by atoms with Gasteiger partial charge in [0.1, 0.15) is 0 Å². The molecule has 0 bridgehead atoms. The summed E-state index contributed by atoms with van der Waals surface area (Å²) in [5.74, 6) is 2.91. The molecule has 2 aliphatic rings. The smallest absolute Gasteiger partial charge is 0.0689 e. The van der Waals surface area contributed by atoms with Crippen LogP contribution in [0.5, 0.6) is 0 Å². The van der Waals surface area contributed by atoms with Crippen LogP contribution >= 0.6 is 0 Å². The van der Waals surface area contributed by atoms with Crippen LogP contribution in [0.25, 0.3) is 0 Å². The number of unbranched alkanes of at least 4 members (excludes halogenated alkanes) is 4. The Bertz CT molecular complexity index is 441. The highest BCUT2D eigenvalue weighted by Gasteiger charge is 2.38. The van der Waals surface area contributed by atoms with Crippen molar-refractivity contribution in [1.82, 2.24) is 0 Å². The van der Waals surface area contributed by atoms with Crippen molar-refractivity contribution in [3.8, 4) is 6.07 Å². The number of nitriles is 1. The van der Waals surface area contributed by atoms with Gasteiger partial charge in [-0.15, -0.1) is 0 Å². The Kier molecular flexibility index (Phi) is 10.5. The lowest BCUT2D eigenvalue weighted by Gasteiger charge is -2.40. The number of rotatable bonds is 11. The molecule has 0 aromatic carbocycles. The van der Waals surface area contributed by atoms with Gasteiger partial charge in [-0.3, -0.25) is 0 Å². The number of hydrogen-bond donors (Lipinski definition) is 0. The summed E-state index contributed by atoms with van der Waals surface area (Å²) in [7, 11) is 0. The van der Waals surface area contributed by atoms with Crippen LogP contribution in [0.1, 0.15) is 123 Å². The molecule has 0 N–H and O–H groups in total. The molecule has 1 heteroatoms. The molecule has 27 heavy (non-hydrogen) atoms. The Balaban J connectivity index is 1.65. The summed E-state index contributed by atoms with van der Waals surface area (Å²) in [5, 5.41) is 9.79. The lowest BCUT2D eigenvalue weighted by molar-refractivity contribution is 0.116. The molecule has 0 radical (unpaired) electrons. The zero-order chi connectivity index (χ0) is 19.4. The standard InChI is InChI=1S/C26H45N/c1-3-5-7-9-10-12-23-13-15-24(16-14-23)25-17-20-26(22-27,21-18-25)19-11-8-6-4-2/h6,8,23-25H,3-5,7,9-21H2,1-2H3/b8-6+. The predicted molar refractivity (Wildman–Crippen MR) is 117 cm³/mol. The Labute approximate surface area is 170 Å². The van der Waals surface area contributed by atoms with Crippen molar-refractivity contribution in [3.63, 3.8) is 0 Å². The largest absolute Gasteiger partial charge is 0.198 e. The molecule has 0 aromatic heterocycles. The zero-order valence-electron chi connectivity index (χ0n) is 18.4. The van der Waals surface area contributed by atoms with Gasteiger partial charge in [0.25, 0.3) is 0 Å². The quantitative estimate of drug-likeness (QED) is 0.263. The SMILES string of the molecule is CC/C=C/CCC1(C#N)CCC(C2CCC(CCCCCCC)CC2)CC1. The van der Waals surface area contributed by atoms with Crippen LogP contribution in [-0.2, 0) is 0 Å². The predicted octanol–water partition coefficient (Wildman–Crippen LogP) is 8.60. The molecular formula is C26H45N. The second-order valence-electron chi connectivity index (χ2n) is 9.63. The summed E-state index contributed by atoms with van der Waals surface area (Å²) < 4.78 is 0. The molecule has 1 nitrogen and oxygen atoms in total. The van der Waals surface area contributed by atoms with E-state index in [9.17, 15) is 5.26 Å². The second kappa shape index (κ2) is 12.6. The molecule has 2 fully saturated rings. The highest BCUT2D eigenvalue weighted by Crippen LogP contribution is 2.47. The molecule has 2 rings (SSSR count). The van der Waals surface area contributed by atoms with E-state index in [1.165, 1.54) is 77.0 Å². The minimum absolute atomic E-state index is 0.00965. The van der Waals surface area contributed by atoms with E-state index in [2.05, 4.69) is 32.1 Å². The Morgan fingerprint density at radius 3 is 2.15 bits per heavy atom. The van der Waals surface area contributed by atoms with E-state index in [0.29, 0.717) is 0 Å². The molecule has 2 saturated carbocycles. The average molecular weight is 372 g/mol. The van der Waals surface area contributed by atoms with Gasteiger partial charge in [-0.1, -0.05) is 77.4 Å². The third-order valence-electron chi connectivity index (χ3n) is 7.69. The van der Waals surface area contributed by atoms with Gasteiger partial charge in [0.2, 0.25) is 0 Å². The normalized spacial score (nSPS) is 31.8. The maximum Gasteiger partial charge on any atom is 0.0689 e. The first-order valence-corrected chi connectivity index (χ1v) is 12.3. The van der Waals surface area contributed by atoms with Crippen LogP contribution in [0.15, 0.2) is 12.2 Å². The van der Waals surface area contributed by atoms with Gasteiger partial charge in [0.15, 0.2) is 0 Å². The highest BCUT2D eigenvalue weighted by molar-refractivity contribution is 5.03. The third kappa shape index (κ3) is 7.63. The van der Waals surface area contributed by atoms with Crippen molar-refractivity contribution >= 4 is 0 Å². The van der Waals surface area contributed by atoms with Crippen LogP contribution in [0.4, 0.5) is 0 Å². The van der Waals surface area contributed by atoms with E-state index < -0.39 is 0 Å². The minimum atomic E-state index is -0.00965. The van der Waals surface area contributed by atoms with Crippen LogP contribution in [0.3, 0.4) is 0 Å². The highest BCUT2D eigenvalue weighted by atomic mass is 14.4. The van der Waals surface area contributed by atoms with Crippen molar-refractivity contribution in [2.24, 2.45) is 23.2 Å². The maximum absolute atomic E-state index is 9.79. The first kappa shape index (κ1) is 22.5. The fourth-order valence-corrected chi connectivity index (χ4v) is 5.71. The number of hydrogen-bond acceptors (Lipinski definition) is 1. The van der Waals surface area contributed by atoms with Crippen LogP contribution in [-0.4, -0.2) is 0 Å². The molecule has 0 aliphatic heterocycles. The van der Waals surface area contributed by atoms with Crippen molar-refractivity contribution in [2.75, 3.05) is 0 Å². The topological polar surface area (TPSA) is 23.8 Å². The molecule has 2 aliphatic carbocycles. The van der Waals surface area contributed by atoms with Crippen LogP contribution in [0.2, 0.25) is 0 Å². The van der Waals surface area contributed by atoms with Crippen LogP contribution in [0, 0.1) is 34.5 Å². The zero-order valence-corrected chi connectivity index (χ0v) is 18.4. The van der Waals surface area contributed by atoms with Gasteiger partial charge in [-0.05, 0) is 75.5 Å². The van der Waals surface area contributed by atoms with E-state index in [1.54, 1.807) is 0 Å².